The molecule has 0 saturated carbocycles. The van der Waals surface area contributed by atoms with Crippen LogP contribution in [0.25, 0.3) is 0 Å². The van der Waals surface area contributed by atoms with Gasteiger partial charge in [-0.3, -0.25) is 0 Å². The number of rotatable bonds is 22. The highest BCUT2D eigenvalue weighted by Crippen LogP contribution is 2.23. The number of carbonyl (C=O) groups excluding carboxylic acids is 4. The maximum absolute atomic E-state index is 12.9. The normalized spacial score (nSPS) is 10.7. The van der Waals surface area contributed by atoms with Gasteiger partial charge in [0, 0.05) is 5.02 Å². The van der Waals surface area contributed by atoms with Gasteiger partial charge in [0.15, 0.2) is 0 Å². The van der Waals surface area contributed by atoms with E-state index < -0.39 is 23.9 Å². The second-order valence-corrected chi connectivity index (χ2v) is 14.3. The topological polar surface area (TPSA) is 114 Å². The summed E-state index contributed by atoms with van der Waals surface area (Å²) in [5.41, 5.74) is 0.965. The van der Waals surface area contributed by atoms with E-state index in [0.29, 0.717) is 28.7 Å². The summed E-state index contributed by atoms with van der Waals surface area (Å²) in [6.07, 6.45) is 15.5. The summed E-state index contributed by atoms with van der Waals surface area (Å²) < 4.78 is 27.6. The van der Waals surface area contributed by atoms with Crippen LogP contribution in [0.2, 0.25) is 5.02 Å². The van der Waals surface area contributed by atoms with Gasteiger partial charge in [-0.1, -0.05) is 95.2 Å². The van der Waals surface area contributed by atoms with Crippen LogP contribution in [-0.2, 0) is 0 Å². The number of unbranched alkanes of at least 4 members (excludes halogenated alkanes) is 11. The lowest BCUT2D eigenvalue weighted by Crippen LogP contribution is -2.12. The largest absolute Gasteiger partial charge is 0.494 e. The summed E-state index contributed by atoms with van der Waals surface area (Å²) in [7, 11) is 0. The molecule has 0 aliphatic carbocycles. The van der Waals surface area contributed by atoms with Crippen molar-refractivity contribution in [1.29, 1.82) is 0 Å². The Hall–Kier alpha value is -5.93. The van der Waals surface area contributed by atoms with Gasteiger partial charge >= 0.3 is 23.9 Å². The van der Waals surface area contributed by atoms with Crippen LogP contribution in [-0.4, -0.2) is 30.5 Å². The van der Waals surface area contributed by atoms with Crippen LogP contribution in [0.4, 0.5) is 0 Å². The lowest BCUT2D eigenvalue weighted by atomic mass is 10.1. The quantitative estimate of drug-likeness (QED) is 0.0383. The molecule has 0 heterocycles. The van der Waals surface area contributed by atoms with E-state index in [-0.39, 0.29) is 33.9 Å². The molecular formula is C48H49ClO9. The van der Waals surface area contributed by atoms with Crippen LogP contribution in [0.15, 0.2) is 121 Å². The van der Waals surface area contributed by atoms with Crippen molar-refractivity contribution >= 4 is 35.5 Å². The molecule has 0 atom stereocenters. The summed E-state index contributed by atoms with van der Waals surface area (Å²) in [4.78, 5) is 51.0. The molecule has 0 aliphatic heterocycles. The molecule has 10 heteroatoms. The highest BCUT2D eigenvalue weighted by molar-refractivity contribution is 6.30. The first-order chi connectivity index (χ1) is 28.3. The average molecular weight is 805 g/mol. The molecule has 58 heavy (non-hydrogen) atoms. The van der Waals surface area contributed by atoms with Gasteiger partial charge < -0.3 is 23.7 Å². The zero-order valence-electron chi connectivity index (χ0n) is 32.8. The average Bonchev–Trinajstić information content (AvgIpc) is 3.24. The minimum absolute atomic E-state index is 0.122. The first-order valence-electron chi connectivity index (χ1n) is 19.9. The molecule has 5 aromatic rings. The lowest BCUT2D eigenvalue weighted by Gasteiger charge is -2.09. The van der Waals surface area contributed by atoms with Gasteiger partial charge in [-0.05, 0) is 122 Å². The van der Waals surface area contributed by atoms with E-state index in [2.05, 4.69) is 6.92 Å². The lowest BCUT2D eigenvalue weighted by molar-refractivity contribution is 0.0712. The maximum atomic E-state index is 12.9. The fourth-order valence-corrected chi connectivity index (χ4v) is 6.12. The van der Waals surface area contributed by atoms with E-state index >= 15 is 0 Å². The van der Waals surface area contributed by atoms with E-state index in [0.717, 1.165) is 12.8 Å². The van der Waals surface area contributed by atoms with Gasteiger partial charge in [-0.2, -0.15) is 0 Å². The van der Waals surface area contributed by atoms with Gasteiger partial charge in [0.2, 0.25) is 0 Å². The van der Waals surface area contributed by atoms with Gasteiger partial charge in [-0.15, -0.1) is 0 Å². The van der Waals surface area contributed by atoms with E-state index in [4.69, 9.17) is 35.3 Å². The number of halogens is 1. The van der Waals surface area contributed by atoms with Crippen LogP contribution in [0.1, 0.15) is 125 Å². The molecular weight excluding hydrogens is 756 g/mol. The SMILES string of the molecule is CCCCCCCCCCCCCCOc1ccc(C(=O)Oc2ccc(C(=O)Oc3cccc(C(=O)Oc4ccc(C(=O)Oc5ccc(Cl)cc5)cc4)c3)cc2)cc1. The summed E-state index contributed by atoms with van der Waals surface area (Å²) in [6.45, 7) is 2.89. The van der Waals surface area contributed by atoms with E-state index in [1.807, 2.05) is 0 Å². The molecule has 9 nitrogen and oxygen atoms in total. The van der Waals surface area contributed by atoms with E-state index in [1.54, 1.807) is 54.6 Å². The number of hydrogen-bond donors (Lipinski definition) is 0. The maximum Gasteiger partial charge on any atom is 0.343 e. The van der Waals surface area contributed by atoms with Gasteiger partial charge in [0.1, 0.15) is 28.7 Å². The monoisotopic (exact) mass is 804 g/mol. The van der Waals surface area contributed by atoms with Crippen LogP contribution < -0.4 is 23.7 Å². The Morgan fingerprint density at radius 1 is 0.397 bits per heavy atom. The molecule has 0 unspecified atom stereocenters. The highest BCUT2D eigenvalue weighted by Gasteiger charge is 2.16. The molecule has 0 saturated heterocycles. The fourth-order valence-electron chi connectivity index (χ4n) is 5.99. The number of hydrogen-bond acceptors (Lipinski definition) is 9. The molecule has 302 valence electrons. The van der Waals surface area contributed by atoms with Crippen molar-refractivity contribution in [3.05, 3.63) is 149 Å². The third kappa shape index (κ3) is 14.5. The number of esters is 4. The molecule has 0 aromatic heterocycles. The summed E-state index contributed by atoms with van der Waals surface area (Å²) in [5.74, 6) is -0.889. The zero-order chi connectivity index (χ0) is 41.0. The minimum atomic E-state index is -0.697. The molecule has 5 aromatic carbocycles. The molecule has 5 rings (SSSR count). The number of ether oxygens (including phenoxy) is 5. The molecule has 0 spiro atoms. The van der Waals surface area contributed by atoms with Crippen LogP contribution in [0, 0.1) is 0 Å². The van der Waals surface area contributed by atoms with E-state index in [9.17, 15) is 19.2 Å². The minimum Gasteiger partial charge on any atom is -0.494 e. The summed E-state index contributed by atoms with van der Waals surface area (Å²) >= 11 is 5.87. The predicted octanol–water partition coefficient (Wildman–Crippen LogP) is 12.3. The predicted molar refractivity (Wildman–Crippen MR) is 224 cm³/mol. The van der Waals surface area contributed by atoms with Crippen molar-refractivity contribution in [2.45, 2.75) is 84.0 Å². The van der Waals surface area contributed by atoms with Crippen molar-refractivity contribution in [3.8, 4) is 28.7 Å². The van der Waals surface area contributed by atoms with Crippen LogP contribution >= 0.6 is 11.6 Å². The molecule has 0 radical (unpaired) electrons. The zero-order valence-corrected chi connectivity index (χ0v) is 33.5. The highest BCUT2D eigenvalue weighted by atomic mass is 35.5. The Morgan fingerprint density at radius 2 is 0.759 bits per heavy atom. The third-order valence-electron chi connectivity index (χ3n) is 9.26. The number of carbonyl (C=O) groups is 4. The van der Waals surface area contributed by atoms with Crippen molar-refractivity contribution in [2.75, 3.05) is 6.61 Å². The van der Waals surface area contributed by atoms with Crippen molar-refractivity contribution in [1.82, 2.24) is 0 Å². The Bertz CT molecular complexity index is 2060. The van der Waals surface area contributed by atoms with E-state index in [1.165, 1.54) is 131 Å². The molecule has 0 aliphatic rings. The van der Waals surface area contributed by atoms with Crippen molar-refractivity contribution in [2.24, 2.45) is 0 Å². The number of benzene rings is 5. The Labute approximate surface area is 345 Å². The second kappa shape index (κ2) is 23.3. The summed E-state index contributed by atoms with van der Waals surface area (Å²) in [6, 6.07) is 31.0. The van der Waals surface area contributed by atoms with Crippen LogP contribution in [0.3, 0.4) is 0 Å². The van der Waals surface area contributed by atoms with Gasteiger partial charge in [-0.25, -0.2) is 19.2 Å². The van der Waals surface area contributed by atoms with Crippen molar-refractivity contribution < 1.29 is 42.9 Å². The Kier molecular flexibility index (Phi) is 17.4. The fraction of sp³-hybridized carbons (Fsp3) is 0.292. The Balaban J connectivity index is 1.00. The van der Waals surface area contributed by atoms with Crippen molar-refractivity contribution in [3.63, 3.8) is 0 Å². The molecule has 0 N–H and O–H groups in total. The molecule has 0 bridgehead atoms. The van der Waals surface area contributed by atoms with Gasteiger partial charge in [0.05, 0.1) is 28.9 Å². The third-order valence-corrected chi connectivity index (χ3v) is 9.51. The second-order valence-electron chi connectivity index (χ2n) is 13.9. The first kappa shape index (κ1) is 43.2. The smallest absolute Gasteiger partial charge is 0.343 e. The Morgan fingerprint density at radius 3 is 1.21 bits per heavy atom. The van der Waals surface area contributed by atoms with Crippen LogP contribution in [0.5, 0.6) is 28.7 Å². The standard InChI is InChI=1S/C48H49ClO9/c1-2-3-4-5-6-7-8-9-10-11-12-13-33-54-40-25-17-35(18-26-40)45(50)55-41-27-21-37(22-28-41)47(52)58-44-16-14-15-38(34-44)48(53)57-42-29-19-36(20-30-42)46(51)56-43-31-23-39(49)24-32-43/h14-32,34H,2-13,33H2,1H3. The summed E-state index contributed by atoms with van der Waals surface area (Å²) in [5, 5.41) is 0.518. The first-order valence-corrected chi connectivity index (χ1v) is 20.3. The molecule has 0 amide bonds. The molecule has 0 fully saturated rings. The van der Waals surface area contributed by atoms with Gasteiger partial charge in [0.25, 0.3) is 0 Å².